The van der Waals surface area contributed by atoms with Gasteiger partial charge in [0.15, 0.2) is 0 Å². The normalized spacial score (nSPS) is 20.4. The van der Waals surface area contributed by atoms with Crippen molar-refractivity contribution in [2.75, 3.05) is 0 Å². The molecule has 1 amide bonds. The zero-order valence-electron chi connectivity index (χ0n) is 8.76. The molecule has 4 nitrogen and oxygen atoms in total. The van der Waals surface area contributed by atoms with Crippen molar-refractivity contribution >= 4 is 23.2 Å². The van der Waals surface area contributed by atoms with E-state index in [1.807, 2.05) is 17.5 Å². The minimum absolute atomic E-state index is 0.0527. The number of carbonyl (C=O) groups excluding carboxylic acids is 1. The summed E-state index contributed by atoms with van der Waals surface area (Å²) in [5, 5.41) is 10.7. The molecule has 0 bridgehead atoms. The lowest BCUT2D eigenvalue weighted by Crippen LogP contribution is -2.33. The molecule has 0 saturated carbocycles. The Bertz CT molecular complexity index is 388. The van der Waals surface area contributed by atoms with Gasteiger partial charge in [0.1, 0.15) is 0 Å². The van der Waals surface area contributed by atoms with E-state index in [0.29, 0.717) is 19.4 Å². The van der Waals surface area contributed by atoms with E-state index in [1.165, 1.54) is 0 Å². The van der Waals surface area contributed by atoms with Crippen LogP contribution in [-0.4, -0.2) is 27.9 Å². The fourth-order valence-corrected chi connectivity index (χ4v) is 2.70. The molecular weight excluding hydrogens is 226 g/mol. The van der Waals surface area contributed by atoms with Gasteiger partial charge in [0.2, 0.25) is 5.91 Å². The monoisotopic (exact) mass is 239 g/mol. The number of aliphatic carboxylic acids is 1. The number of thiophene rings is 1. The first kappa shape index (κ1) is 11.1. The van der Waals surface area contributed by atoms with E-state index >= 15 is 0 Å². The minimum Gasteiger partial charge on any atom is -0.481 e. The average molecular weight is 239 g/mol. The van der Waals surface area contributed by atoms with Crippen LogP contribution in [0.15, 0.2) is 17.5 Å². The largest absolute Gasteiger partial charge is 0.481 e. The molecule has 1 aromatic rings. The number of hydrogen-bond acceptors (Lipinski definition) is 3. The summed E-state index contributed by atoms with van der Waals surface area (Å²) in [6, 6.07) is 3.77. The van der Waals surface area contributed by atoms with Crippen LogP contribution in [0.2, 0.25) is 0 Å². The van der Waals surface area contributed by atoms with Gasteiger partial charge >= 0.3 is 5.97 Å². The average Bonchev–Trinajstić information content (AvgIpc) is 2.82. The first-order valence-electron chi connectivity index (χ1n) is 5.20. The number of carbonyl (C=O) groups is 2. The maximum atomic E-state index is 11.6. The highest BCUT2D eigenvalue weighted by Gasteiger charge is 2.32. The quantitative estimate of drug-likeness (QED) is 0.870. The molecule has 2 heterocycles. The fourth-order valence-electron chi connectivity index (χ4n) is 1.99. The van der Waals surface area contributed by atoms with Gasteiger partial charge in [-0.3, -0.25) is 9.59 Å². The second-order valence-corrected chi connectivity index (χ2v) is 4.92. The first-order chi connectivity index (χ1) is 7.66. The Morgan fingerprint density at radius 2 is 2.44 bits per heavy atom. The molecule has 2 rings (SSSR count). The van der Waals surface area contributed by atoms with E-state index in [2.05, 4.69) is 0 Å². The SMILES string of the molecule is O=C(O)CC1CCC(=O)N1Cc1cccs1. The number of carboxylic acids is 1. The van der Waals surface area contributed by atoms with Crippen molar-refractivity contribution in [2.45, 2.75) is 31.8 Å². The number of amides is 1. The lowest BCUT2D eigenvalue weighted by Gasteiger charge is -2.22. The van der Waals surface area contributed by atoms with Gasteiger partial charge in [-0.15, -0.1) is 11.3 Å². The van der Waals surface area contributed by atoms with Crippen molar-refractivity contribution in [1.82, 2.24) is 4.90 Å². The molecule has 1 N–H and O–H groups in total. The maximum Gasteiger partial charge on any atom is 0.305 e. The van der Waals surface area contributed by atoms with Crippen molar-refractivity contribution in [3.63, 3.8) is 0 Å². The number of hydrogen-bond donors (Lipinski definition) is 1. The third kappa shape index (κ3) is 2.41. The second kappa shape index (κ2) is 4.65. The van der Waals surface area contributed by atoms with Gasteiger partial charge in [-0.2, -0.15) is 0 Å². The van der Waals surface area contributed by atoms with Crippen LogP contribution in [0, 0.1) is 0 Å². The Balaban J connectivity index is 2.04. The van der Waals surface area contributed by atoms with Gasteiger partial charge in [-0.1, -0.05) is 6.07 Å². The molecule has 1 aromatic heterocycles. The van der Waals surface area contributed by atoms with Gasteiger partial charge in [0.25, 0.3) is 0 Å². The van der Waals surface area contributed by atoms with Crippen molar-refractivity contribution in [2.24, 2.45) is 0 Å². The van der Waals surface area contributed by atoms with Crippen LogP contribution >= 0.6 is 11.3 Å². The highest BCUT2D eigenvalue weighted by molar-refractivity contribution is 7.09. The predicted molar refractivity (Wildman–Crippen MR) is 60.1 cm³/mol. The summed E-state index contributed by atoms with van der Waals surface area (Å²) in [4.78, 5) is 25.1. The van der Waals surface area contributed by atoms with Crippen LogP contribution in [0.4, 0.5) is 0 Å². The number of carboxylic acid groups (broad SMARTS) is 1. The van der Waals surface area contributed by atoms with Crippen molar-refractivity contribution in [1.29, 1.82) is 0 Å². The number of nitrogens with zero attached hydrogens (tertiary/aromatic N) is 1. The summed E-state index contributed by atoms with van der Waals surface area (Å²) in [7, 11) is 0. The number of rotatable bonds is 4. The van der Waals surface area contributed by atoms with Crippen LogP contribution < -0.4 is 0 Å². The molecule has 1 aliphatic rings. The summed E-state index contributed by atoms with van der Waals surface area (Å²) < 4.78 is 0. The second-order valence-electron chi connectivity index (χ2n) is 3.89. The van der Waals surface area contributed by atoms with E-state index in [9.17, 15) is 9.59 Å². The molecule has 0 aromatic carbocycles. The Morgan fingerprint density at radius 3 is 3.06 bits per heavy atom. The van der Waals surface area contributed by atoms with Crippen molar-refractivity contribution in [3.05, 3.63) is 22.4 Å². The molecule has 0 spiro atoms. The Labute approximate surface area is 97.5 Å². The molecule has 1 saturated heterocycles. The van der Waals surface area contributed by atoms with E-state index in [4.69, 9.17) is 5.11 Å². The molecule has 86 valence electrons. The van der Waals surface area contributed by atoms with Crippen LogP contribution in [0.3, 0.4) is 0 Å². The molecule has 1 aliphatic heterocycles. The lowest BCUT2D eigenvalue weighted by atomic mass is 10.1. The smallest absolute Gasteiger partial charge is 0.305 e. The standard InChI is InChI=1S/C11H13NO3S/c13-10-4-3-8(6-11(14)15)12(10)7-9-2-1-5-16-9/h1-2,5,8H,3-4,6-7H2,(H,14,15). The van der Waals surface area contributed by atoms with E-state index in [1.54, 1.807) is 16.2 Å². The Morgan fingerprint density at radius 1 is 1.62 bits per heavy atom. The number of likely N-dealkylation sites (tertiary alicyclic amines) is 1. The highest BCUT2D eigenvalue weighted by atomic mass is 32.1. The fraction of sp³-hybridized carbons (Fsp3) is 0.455. The molecule has 16 heavy (non-hydrogen) atoms. The molecular formula is C11H13NO3S. The van der Waals surface area contributed by atoms with Gasteiger partial charge in [-0.25, -0.2) is 0 Å². The Hall–Kier alpha value is -1.36. The van der Waals surface area contributed by atoms with E-state index in [-0.39, 0.29) is 18.4 Å². The van der Waals surface area contributed by atoms with Gasteiger partial charge in [-0.05, 0) is 17.9 Å². The van der Waals surface area contributed by atoms with Crippen LogP contribution in [0.1, 0.15) is 24.1 Å². The summed E-state index contributed by atoms with van der Waals surface area (Å²) >= 11 is 1.59. The third-order valence-corrected chi connectivity index (χ3v) is 3.63. The topological polar surface area (TPSA) is 57.6 Å². The lowest BCUT2D eigenvalue weighted by molar-refractivity contribution is -0.139. The maximum absolute atomic E-state index is 11.6. The van der Waals surface area contributed by atoms with Crippen LogP contribution in [-0.2, 0) is 16.1 Å². The molecule has 0 radical (unpaired) electrons. The zero-order chi connectivity index (χ0) is 11.5. The van der Waals surface area contributed by atoms with Gasteiger partial charge < -0.3 is 10.0 Å². The third-order valence-electron chi connectivity index (χ3n) is 2.77. The zero-order valence-corrected chi connectivity index (χ0v) is 9.57. The van der Waals surface area contributed by atoms with Crippen LogP contribution in [0.25, 0.3) is 0 Å². The highest BCUT2D eigenvalue weighted by Crippen LogP contribution is 2.25. The first-order valence-corrected chi connectivity index (χ1v) is 6.08. The summed E-state index contributed by atoms with van der Waals surface area (Å²) in [6.45, 7) is 0.550. The molecule has 1 unspecified atom stereocenters. The van der Waals surface area contributed by atoms with Gasteiger partial charge in [0, 0.05) is 17.3 Å². The molecule has 1 fully saturated rings. The molecule has 1 atom stereocenters. The predicted octanol–water partition coefficient (Wildman–Crippen LogP) is 1.71. The molecule has 5 heteroatoms. The summed E-state index contributed by atoms with van der Waals surface area (Å²) in [6.07, 6.45) is 1.19. The van der Waals surface area contributed by atoms with Gasteiger partial charge in [0.05, 0.1) is 13.0 Å². The van der Waals surface area contributed by atoms with Crippen molar-refractivity contribution in [3.8, 4) is 0 Å². The summed E-state index contributed by atoms with van der Waals surface area (Å²) in [5.41, 5.74) is 0. The van der Waals surface area contributed by atoms with E-state index < -0.39 is 5.97 Å². The van der Waals surface area contributed by atoms with Crippen LogP contribution in [0.5, 0.6) is 0 Å². The molecule has 0 aliphatic carbocycles. The minimum atomic E-state index is -0.837. The van der Waals surface area contributed by atoms with Crippen molar-refractivity contribution < 1.29 is 14.7 Å². The summed E-state index contributed by atoms with van der Waals surface area (Å²) in [5.74, 6) is -0.768. The van der Waals surface area contributed by atoms with E-state index in [0.717, 1.165) is 4.88 Å². The Kier molecular flexibility index (Phi) is 3.24.